The van der Waals surface area contributed by atoms with Crippen LogP contribution in [0, 0.1) is 6.92 Å². The number of amides is 1. The summed E-state index contributed by atoms with van der Waals surface area (Å²) < 4.78 is 0.816. The number of aromatic nitrogens is 2. The molecule has 3 aromatic rings. The Hall–Kier alpha value is -2.15. The van der Waals surface area contributed by atoms with E-state index in [1.165, 1.54) is 28.5 Å². The van der Waals surface area contributed by atoms with Crippen LogP contribution in [0.4, 0.5) is 5.13 Å². The molecule has 0 spiro atoms. The number of thioether (sulfide) groups is 1. The standard InChI is InChI=1S/C19H16ClN3OS2/c1-13-6-8-14(9-7-13)12-25-19-23-22-18(26-19)21-17(24)11-10-15-4-2-3-5-16(15)20/h2-11H,12H2,1H3,(H,21,22,24). The van der Waals surface area contributed by atoms with Crippen LogP contribution in [-0.2, 0) is 10.5 Å². The summed E-state index contributed by atoms with van der Waals surface area (Å²) in [5, 5.41) is 11.9. The molecule has 0 bridgehead atoms. The fraction of sp³-hybridized carbons (Fsp3) is 0.105. The molecule has 0 unspecified atom stereocenters. The highest BCUT2D eigenvalue weighted by molar-refractivity contribution is 8.00. The lowest BCUT2D eigenvalue weighted by atomic mass is 10.2. The Morgan fingerprint density at radius 3 is 2.73 bits per heavy atom. The third kappa shape index (κ3) is 5.42. The molecule has 4 nitrogen and oxygen atoms in total. The first-order valence-electron chi connectivity index (χ1n) is 7.85. The minimum absolute atomic E-state index is 0.267. The second-order valence-corrected chi connectivity index (χ2v) is 8.10. The van der Waals surface area contributed by atoms with E-state index in [0.29, 0.717) is 10.2 Å². The van der Waals surface area contributed by atoms with Crippen LogP contribution in [0.5, 0.6) is 0 Å². The van der Waals surface area contributed by atoms with Crippen molar-refractivity contribution in [3.8, 4) is 0 Å². The van der Waals surface area contributed by atoms with E-state index in [1.54, 1.807) is 23.9 Å². The van der Waals surface area contributed by atoms with Gasteiger partial charge in [-0.05, 0) is 30.2 Å². The Balaban J connectivity index is 1.53. The van der Waals surface area contributed by atoms with Crippen molar-refractivity contribution in [1.29, 1.82) is 0 Å². The number of carbonyl (C=O) groups is 1. The minimum Gasteiger partial charge on any atom is -0.297 e. The maximum Gasteiger partial charge on any atom is 0.250 e. The Morgan fingerprint density at radius 2 is 1.96 bits per heavy atom. The predicted octanol–water partition coefficient (Wildman–Crippen LogP) is 5.44. The lowest BCUT2D eigenvalue weighted by Crippen LogP contribution is -2.07. The molecule has 0 aliphatic rings. The number of aryl methyl sites for hydroxylation is 1. The third-order valence-corrected chi connectivity index (χ3v) is 5.83. The zero-order valence-electron chi connectivity index (χ0n) is 14.0. The first-order chi connectivity index (χ1) is 12.6. The van der Waals surface area contributed by atoms with Crippen LogP contribution < -0.4 is 5.32 Å². The number of carbonyl (C=O) groups excluding carboxylic acids is 1. The highest BCUT2D eigenvalue weighted by atomic mass is 35.5. The van der Waals surface area contributed by atoms with Gasteiger partial charge < -0.3 is 0 Å². The Kier molecular flexibility index (Phi) is 6.44. The topological polar surface area (TPSA) is 54.9 Å². The number of benzene rings is 2. The molecule has 26 heavy (non-hydrogen) atoms. The summed E-state index contributed by atoms with van der Waals surface area (Å²) in [6.07, 6.45) is 3.10. The summed E-state index contributed by atoms with van der Waals surface area (Å²) in [6.45, 7) is 2.07. The molecule has 1 N–H and O–H groups in total. The Labute approximate surface area is 165 Å². The normalized spacial score (nSPS) is 11.0. The van der Waals surface area contributed by atoms with Crippen molar-refractivity contribution in [3.05, 3.63) is 76.3 Å². The van der Waals surface area contributed by atoms with Crippen LogP contribution in [0.1, 0.15) is 16.7 Å². The largest absolute Gasteiger partial charge is 0.297 e. The number of rotatable bonds is 6. The molecule has 0 aliphatic carbocycles. The van der Waals surface area contributed by atoms with E-state index in [-0.39, 0.29) is 5.91 Å². The average Bonchev–Trinajstić information content (AvgIpc) is 3.08. The SMILES string of the molecule is Cc1ccc(CSc2nnc(NC(=O)C=Cc3ccccc3Cl)s2)cc1. The van der Waals surface area contributed by atoms with Gasteiger partial charge in [-0.25, -0.2) is 0 Å². The van der Waals surface area contributed by atoms with Crippen molar-refractivity contribution < 1.29 is 4.79 Å². The van der Waals surface area contributed by atoms with E-state index in [4.69, 9.17) is 11.6 Å². The van der Waals surface area contributed by atoms with E-state index < -0.39 is 0 Å². The van der Waals surface area contributed by atoms with Gasteiger partial charge in [-0.2, -0.15) is 0 Å². The number of halogens is 1. The first-order valence-corrected chi connectivity index (χ1v) is 10.0. The second-order valence-electron chi connectivity index (χ2n) is 5.49. The van der Waals surface area contributed by atoms with Crippen molar-refractivity contribution in [2.75, 3.05) is 5.32 Å². The molecule has 132 valence electrons. The molecule has 1 aromatic heterocycles. The number of nitrogens with one attached hydrogen (secondary N) is 1. The van der Waals surface area contributed by atoms with Crippen molar-refractivity contribution in [2.24, 2.45) is 0 Å². The summed E-state index contributed by atoms with van der Waals surface area (Å²) >= 11 is 9.01. The molecule has 1 heterocycles. The van der Waals surface area contributed by atoms with Crippen LogP contribution in [0.15, 0.2) is 58.9 Å². The van der Waals surface area contributed by atoms with E-state index in [2.05, 4.69) is 46.7 Å². The monoisotopic (exact) mass is 401 g/mol. The van der Waals surface area contributed by atoms with Crippen LogP contribution in [0.25, 0.3) is 6.08 Å². The van der Waals surface area contributed by atoms with Crippen LogP contribution in [-0.4, -0.2) is 16.1 Å². The maximum atomic E-state index is 12.0. The number of hydrogen-bond donors (Lipinski definition) is 1. The smallest absolute Gasteiger partial charge is 0.250 e. The molecule has 0 fully saturated rings. The van der Waals surface area contributed by atoms with Gasteiger partial charge in [-0.15, -0.1) is 10.2 Å². The van der Waals surface area contributed by atoms with Gasteiger partial charge in [0.25, 0.3) is 0 Å². The molecular weight excluding hydrogens is 386 g/mol. The number of hydrogen-bond acceptors (Lipinski definition) is 5. The molecular formula is C19H16ClN3OS2. The average molecular weight is 402 g/mol. The molecule has 2 aromatic carbocycles. The highest BCUT2D eigenvalue weighted by Crippen LogP contribution is 2.28. The quantitative estimate of drug-likeness (QED) is 0.339. The van der Waals surface area contributed by atoms with E-state index in [1.807, 2.05) is 18.2 Å². The van der Waals surface area contributed by atoms with Gasteiger partial charge >= 0.3 is 0 Å². The molecule has 7 heteroatoms. The van der Waals surface area contributed by atoms with Crippen LogP contribution in [0.2, 0.25) is 5.02 Å². The van der Waals surface area contributed by atoms with Gasteiger partial charge in [0.05, 0.1) is 0 Å². The van der Waals surface area contributed by atoms with Gasteiger partial charge in [-0.1, -0.05) is 82.7 Å². The number of anilines is 1. The summed E-state index contributed by atoms with van der Waals surface area (Å²) in [4.78, 5) is 12.0. The van der Waals surface area contributed by atoms with Crippen molar-refractivity contribution in [3.63, 3.8) is 0 Å². The Bertz CT molecular complexity index is 923. The van der Waals surface area contributed by atoms with Gasteiger partial charge in [-0.3, -0.25) is 10.1 Å². The van der Waals surface area contributed by atoms with E-state index >= 15 is 0 Å². The van der Waals surface area contributed by atoms with Crippen molar-refractivity contribution >= 4 is 51.8 Å². The number of nitrogens with zero attached hydrogens (tertiary/aromatic N) is 2. The van der Waals surface area contributed by atoms with Crippen molar-refractivity contribution in [1.82, 2.24) is 10.2 Å². The summed E-state index contributed by atoms with van der Waals surface area (Å²) in [6, 6.07) is 15.7. The van der Waals surface area contributed by atoms with Gasteiger partial charge in [0.2, 0.25) is 11.0 Å². The van der Waals surface area contributed by atoms with Gasteiger partial charge in [0.15, 0.2) is 4.34 Å². The maximum absolute atomic E-state index is 12.0. The van der Waals surface area contributed by atoms with Crippen molar-refractivity contribution in [2.45, 2.75) is 17.0 Å². The third-order valence-electron chi connectivity index (χ3n) is 3.44. The fourth-order valence-corrected chi connectivity index (χ4v) is 3.98. The lowest BCUT2D eigenvalue weighted by molar-refractivity contribution is -0.111. The second kappa shape index (κ2) is 8.98. The first kappa shape index (κ1) is 18.6. The lowest BCUT2D eigenvalue weighted by Gasteiger charge is -1.99. The molecule has 0 atom stereocenters. The Morgan fingerprint density at radius 1 is 1.19 bits per heavy atom. The highest BCUT2D eigenvalue weighted by Gasteiger charge is 2.07. The molecule has 0 radical (unpaired) electrons. The van der Waals surface area contributed by atoms with Gasteiger partial charge in [0.1, 0.15) is 0 Å². The zero-order chi connectivity index (χ0) is 18.4. The molecule has 0 aliphatic heterocycles. The molecule has 3 rings (SSSR count). The summed E-state index contributed by atoms with van der Waals surface area (Å²) in [7, 11) is 0. The predicted molar refractivity (Wildman–Crippen MR) is 110 cm³/mol. The summed E-state index contributed by atoms with van der Waals surface area (Å²) in [5.41, 5.74) is 3.25. The van der Waals surface area contributed by atoms with Gasteiger partial charge in [0, 0.05) is 16.9 Å². The summed E-state index contributed by atoms with van der Waals surface area (Å²) in [5.74, 6) is 0.547. The van der Waals surface area contributed by atoms with E-state index in [9.17, 15) is 4.79 Å². The zero-order valence-corrected chi connectivity index (χ0v) is 16.4. The molecule has 0 saturated heterocycles. The van der Waals surface area contributed by atoms with Crippen LogP contribution in [0.3, 0.4) is 0 Å². The van der Waals surface area contributed by atoms with Crippen LogP contribution >= 0.6 is 34.7 Å². The molecule has 1 amide bonds. The van der Waals surface area contributed by atoms with E-state index in [0.717, 1.165) is 15.7 Å². The fourth-order valence-electron chi connectivity index (χ4n) is 2.07. The minimum atomic E-state index is -0.267. The molecule has 0 saturated carbocycles.